The molecule has 1 unspecified atom stereocenters. The van der Waals surface area contributed by atoms with Gasteiger partial charge in [0, 0.05) is 25.3 Å². The Labute approximate surface area is 191 Å². The highest BCUT2D eigenvalue weighted by atomic mass is 32.2. The maximum atomic E-state index is 12.7. The highest BCUT2D eigenvalue weighted by molar-refractivity contribution is 7.99. The number of carbonyl (C=O) groups excluding carboxylic acids is 2. The number of aromatic nitrogens is 2. The molecule has 7 nitrogen and oxygen atoms in total. The molecule has 9 heteroatoms. The Hall–Kier alpha value is -2.13. The van der Waals surface area contributed by atoms with E-state index in [9.17, 15) is 9.59 Å². The van der Waals surface area contributed by atoms with E-state index in [-0.39, 0.29) is 24.1 Å². The van der Waals surface area contributed by atoms with Crippen molar-refractivity contribution in [3.63, 3.8) is 0 Å². The van der Waals surface area contributed by atoms with E-state index >= 15 is 0 Å². The van der Waals surface area contributed by atoms with Gasteiger partial charge >= 0.3 is 6.09 Å². The zero-order chi connectivity index (χ0) is 21.6. The first-order valence-corrected chi connectivity index (χ1v) is 12.7. The van der Waals surface area contributed by atoms with Crippen LogP contribution in [0.25, 0.3) is 10.6 Å². The molecule has 2 aromatic heterocycles. The minimum atomic E-state index is -0.191. The van der Waals surface area contributed by atoms with Gasteiger partial charge in [-0.25, -0.2) is 14.8 Å². The fourth-order valence-electron chi connectivity index (χ4n) is 4.16. The predicted molar refractivity (Wildman–Crippen MR) is 122 cm³/mol. The number of carbonyl (C=O) groups is 2. The molecule has 2 aliphatic heterocycles. The van der Waals surface area contributed by atoms with E-state index in [4.69, 9.17) is 4.74 Å². The maximum absolute atomic E-state index is 12.7. The summed E-state index contributed by atoms with van der Waals surface area (Å²) in [4.78, 5) is 38.8. The van der Waals surface area contributed by atoms with Crippen LogP contribution in [0, 0.1) is 0 Å². The molecule has 0 aromatic carbocycles. The third-order valence-corrected chi connectivity index (χ3v) is 7.58. The van der Waals surface area contributed by atoms with Crippen molar-refractivity contribution in [2.75, 3.05) is 25.4 Å². The van der Waals surface area contributed by atoms with Crippen LogP contribution in [-0.4, -0.2) is 69.3 Å². The number of cyclic esters (lactones) is 1. The van der Waals surface area contributed by atoms with E-state index in [1.54, 1.807) is 17.5 Å². The molecule has 0 aliphatic carbocycles. The lowest BCUT2D eigenvalue weighted by molar-refractivity contribution is -0.129. The van der Waals surface area contributed by atoms with Crippen molar-refractivity contribution >= 4 is 35.1 Å². The number of nitrogens with zero attached hydrogens (tertiary/aromatic N) is 4. The normalized spacial score (nSPS) is 19.6. The maximum Gasteiger partial charge on any atom is 0.410 e. The standard InChI is InChI=1S/C22H28N4O3S2/c1-2-3-5-17-14-29-22(28)26(17)16-8-11-25(12-9-16)20(27)15-31-21-23-10-7-18(24-21)19-6-4-13-30-19/h4,6-7,10,13,16-17H,2-3,5,8-9,11-12,14-15H2,1H3. The molecule has 0 spiro atoms. The fraction of sp³-hybridized carbons (Fsp3) is 0.545. The summed E-state index contributed by atoms with van der Waals surface area (Å²) in [7, 11) is 0. The number of unbranched alkanes of at least 4 members (excludes halogenated alkanes) is 1. The molecule has 166 valence electrons. The van der Waals surface area contributed by atoms with Gasteiger partial charge in [-0.15, -0.1) is 11.3 Å². The first-order valence-electron chi connectivity index (χ1n) is 10.9. The number of thiophene rings is 1. The van der Waals surface area contributed by atoms with Crippen molar-refractivity contribution in [3.8, 4) is 10.6 Å². The average molecular weight is 461 g/mol. The summed E-state index contributed by atoms with van der Waals surface area (Å²) in [5.74, 6) is 0.420. The van der Waals surface area contributed by atoms with Gasteiger partial charge in [0.05, 0.1) is 22.4 Å². The van der Waals surface area contributed by atoms with Gasteiger partial charge in [-0.3, -0.25) is 9.69 Å². The largest absolute Gasteiger partial charge is 0.447 e. The van der Waals surface area contributed by atoms with Crippen molar-refractivity contribution in [2.45, 2.75) is 56.3 Å². The summed E-state index contributed by atoms with van der Waals surface area (Å²) in [6, 6.07) is 6.26. The Morgan fingerprint density at radius 1 is 1.32 bits per heavy atom. The van der Waals surface area contributed by atoms with Gasteiger partial charge in [0.15, 0.2) is 5.16 Å². The summed E-state index contributed by atoms with van der Waals surface area (Å²) in [5.41, 5.74) is 0.885. The van der Waals surface area contributed by atoms with Crippen molar-refractivity contribution < 1.29 is 14.3 Å². The third-order valence-electron chi connectivity index (χ3n) is 5.84. The number of ether oxygens (including phenoxy) is 1. The minimum absolute atomic E-state index is 0.0973. The Bertz CT molecular complexity index is 885. The van der Waals surface area contributed by atoms with Crippen LogP contribution in [0.5, 0.6) is 0 Å². The molecule has 1 atom stereocenters. The second kappa shape index (κ2) is 10.5. The molecule has 2 aromatic rings. The summed E-state index contributed by atoms with van der Waals surface area (Å²) in [6.07, 6.45) is 6.36. The lowest BCUT2D eigenvalue weighted by atomic mass is 10.0. The van der Waals surface area contributed by atoms with Crippen LogP contribution in [-0.2, 0) is 9.53 Å². The first-order chi connectivity index (χ1) is 15.2. The SMILES string of the molecule is CCCCC1COC(=O)N1C1CCN(C(=O)CSc2nccc(-c3cccs3)n2)CC1. The minimum Gasteiger partial charge on any atom is -0.447 e. The van der Waals surface area contributed by atoms with Crippen LogP contribution in [0.3, 0.4) is 0 Å². The number of amides is 2. The molecule has 31 heavy (non-hydrogen) atoms. The summed E-state index contributed by atoms with van der Waals surface area (Å²) in [5, 5.41) is 2.64. The first kappa shape index (κ1) is 22.1. The number of piperidine rings is 1. The summed E-state index contributed by atoms with van der Waals surface area (Å²) < 4.78 is 5.32. The van der Waals surface area contributed by atoms with Gasteiger partial charge in [-0.1, -0.05) is 37.6 Å². The molecule has 4 rings (SSSR count). The van der Waals surface area contributed by atoms with E-state index in [1.807, 2.05) is 33.4 Å². The topological polar surface area (TPSA) is 75.6 Å². The molecular formula is C22H28N4O3S2. The third kappa shape index (κ3) is 5.38. The monoisotopic (exact) mass is 460 g/mol. The second-order valence-electron chi connectivity index (χ2n) is 7.88. The smallest absolute Gasteiger partial charge is 0.410 e. The van der Waals surface area contributed by atoms with Crippen LogP contribution < -0.4 is 0 Å². The Morgan fingerprint density at radius 3 is 2.90 bits per heavy atom. The van der Waals surface area contributed by atoms with Crippen LogP contribution in [0.4, 0.5) is 4.79 Å². The van der Waals surface area contributed by atoms with Crippen LogP contribution >= 0.6 is 23.1 Å². The Morgan fingerprint density at radius 2 is 2.16 bits per heavy atom. The molecule has 0 saturated carbocycles. The van der Waals surface area contributed by atoms with Crippen LogP contribution in [0.15, 0.2) is 34.9 Å². The molecule has 2 aliphatic rings. The predicted octanol–water partition coefficient (Wildman–Crippen LogP) is 4.30. The summed E-state index contributed by atoms with van der Waals surface area (Å²) >= 11 is 3.01. The second-order valence-corrected chi connectivity index (χ2v) is 9.77. The summed E-state index contributed by atoms with van der Waals surface area (Å²) in [6.45, 7) is 4.00. The van der Waals surface area contributed by atoms with Gasteiger partial charge in [0.2, 0.25) is 5.91 Å². The van der Waals surface area contributed by atoms with E-state index in [0.29, 0.717) is 30.6 Å². The highest BCUT2D eigenvalue weighted by Crippen LogP contribution is 2.27. The Kier molecular flexibility index (Phi) is 7.45. The van der Waals surface area contributed by atoms with Gasteiger partial charge in [-0.05, 0) is 36.8 Å². The lowest BCUT2D eigenvalue weighted by Gasteiger charge is -2.37. The van der Waals surface area contributed by atoms with E-state index in [1.165, 1.54) is 11.8 Å². The number of likely N-dealkylation sites (tertiary alicyclic amines) is 1. The quantitative estimate of drug-likeness (QED) is 0.432. The molecule has 0 bridgehead atoms. The van der Waals surface area contributed by atoms with Gasteiger partial charge in [0.25, 0.3) is 0 Å². The van der Waals surface area contributed by atoms with Gasteiger partial charge in [0.1, 0.15) is 6.61 Å². The van der Waals surface area contributed by atoms with Crippen molar-refractivity contribution in [3.05, 3.63) is 29.8 Å². The Balaban J connectivity index is 1.27. The van der Waals surface area contributed by atoms with Crippen molar-refractivity contribution in [1.29, 1.82) is 0 Å². The molecule has 0 N–H and O–H groups in total. The van der Waals surface area contributed by atoms with E-state index < -0.39 is 0 Å². The molecule has 2 fully saturated rings. The van der Waals surface area contributed by atoms with Crippen molar-refractivity contribution in [1.82, 2.24) is 19.8 Å². The number of hydrogen-bond donors (Lipinski definition) is 0. The number of rotatable bonds is 8. The lowest BCUT2D eigenvalue weighted by Crippen LogP contribution is -2.50. The number of thioether (sulfide) groups is 1. The van der Waals surface area contributed by atoms with E-state index in [2.05, 4.69) is 16.9 Å². The van der Waals surface area contributed by atoms with E-state index in [0.717, 1.165) is 42.7 Å². The van der Waals surface area contributed by atoms with Gasteiger partial charge < -0.3 is 9.64 Å². The molecule has 0 radical (unpaired) electrons. The zero-order valence-corrected chi connectivity index (χ0v) is 19.4. The number of hydrogen-bond acceptors (Lipinski definition) is 7. The molecular weight excluding hydrogens is 432 g/mol. The fourth-order valence-corrected chi connectivity index (χ4v) is 5.59. The van der Waals surface area contributed by atoms with Crippen molar-refractivity contribution in [2.24, 2.45) is 0 Å². The van der Waals surface area contributed by atoms with Crippen LogP contribution in [0.1, 0.15) is 39.0 Å². The van der Waals surface area contributed by atoms with Gasteiger partial charge in [-0.2, -0.15) is 0 Å². The highest BCUT2D eigenvalue weighted by Gasteiger charge is 2.39. The van der Waals surface area contributed by atoms with Crippen LogP contribution in [0.2, 0.25) is 0 Å². The molecule has 4 heterocycles. The average Bonchev–Trinajstić information content (AvgIpc) is 3.46. The zero-order valence-electron chi connectivity index (χ0n) is 17.7. The molecule has 2 amide bonds. The molecule has 2 saturated heterocycles.